The first-order valence-corrected chi connectivity index (χ1v) is 12.2. The Labute approximate surface area is 209 Å². The lowest BCUT2D eigenvalue weighted by Crippen LogP contribution is -2.59. The standard InChI is InChI=1S/C24H31Cl2N3O5/c1-24(2,3)23(33)34-19-12-27-15(11-20(30)29-21(31)13-5-4-6-13)10-18(19)28-22(32)14-7-8-16(25)17(26)9-14/h7-9,13,15,18-19,27H,4-6,10-12H2,1-3H3,(H,28,32)(H,29,30,31)/t15?,18-,19-/m0/s1. The SMILES string of the molecule is CC(C)(C)C(=O)O[C@H]1CNC(CC(=O)NC(=O)C2CCC2)C[C@@H]1NC(=O)c1ccc(Cl)c(Cl)c1. The number of ether oxygens (including phenoxy) is 1. The van der Waals surface area contributed by atoms with Crippen LogP contribution in [0.15, 0.2) is 18.2 Å². The molecule has 3 amide bonds. The second kappa shape index (κ2) is 11.1. The largest absolute Gasteiger partial charge is 0.458 e. The summed E-state index contributed by atoms with van der Waals surface area (Å²) in [6.07, 6.45) is 2.40. The van der Waals surface area contributed by atoms with E-state index in [1.165, 1.54) is 12.1 Å². The van der Waals surface area contributed by atoms with Gasteiger partial charge in [-0.1, -0.05) is 29.6 Å². The zero-order chi connectivity index (χ0) is 25.0. The van der Waals surface area contributed by atoms with E-state index in [4.69, 9.17) is 27.9 Å². The fourth-order valence-electron chi connectivity index (χ4n) is 3.79. The summed E-state index contributed by atoms with van der Waals surface area (Å²) in [5, 5.41) is 9.17. The zero-order valence-corrected chi connectivity index (χ0v) is 21.1. The average molecular weight is 512 g/mol. The van der Waals surface area contributed by atoms with Gasteiger partial charge in [-0.15, -0.1) is 0 Å². The van der Waals surface area contributed by atoms with Gasteiger partial charge in [0.25, 0.3) is 5.91 Å². The van der Waals surface area contributed by atoms with Crippen molar-refractivity contribution in [2.45, 2.75) is 71.1 Å². The van der Waals surface area contributed by atoms with Crippen LogP contribution in [-0.4, -0.2) is 48.4 Å². The Balaban J connectivity index is 1.67. The minimum absolute atomic E-state index is 0.0670. The minimum Gasteiger partial charge on any atom is -0.458 e. The molecule has 2 fully saturated rings. The van der Waals surface area contributed by atoms with Crippen LogP contribution in [0.1, 0.15) is 63.2 Å². The smallest absolute Gasteiger partial charge is 0.311 e. The number of hydrogen-bond acceptors (Lipinski definition) is 6. The Morgan fingerprint density at radius 3 is 2.41 bits per heavy atom. The molecule has 0 radical (unpaired) electrons. The minimum atomic E-state index is -0.711. The van der Waals surface area contributed by atoms with Crippen LogP contribution in [-0.2, 0) is 19.1 Å². The van der Waals surface area contributed by atoms with Gasteiger partial charge in [-0.05, 0) is 58.2 Å². The zero-order valence-electron chi connectivity index (χ0n) is 19.6. The number of piperidine rings is 1. The van der Waals surface area contributed by atoms with E-state index >= 15 is 0 Å². The molecule has 1 aliphatic carbocycles. The first-order valence-electron chi connectivity index (χ1n) is 11.5. The first kappa shape index (κ1) is 26.4. The Morgan fingerprint density at radius 1 is 1.12 bits per heavy atom. The molecule has 3 atom stereocenters. The molecule has 1 aromatic carbocycles. The lowest BCUT2D eigenvalue weighted by atomic mass is 9.85. The normalized spacial score (nSPS) is 22.9. The first-order chi connectivity index (χ1) is 15.9. The Morgan fingerprint density at radius 2 is 1.82 bits per heavy atom. The maximum Gasteiger partial charge on any atom is 0.311 e. The van der Waals surface area contributed by atoms with Crippen molar-refractivity contribution in [3.63, 3.8) is 0 Å². The van der Waals surface area contributed by atoms with Crippen molar-refractivity contribution in [1.29, 1.82) is 0 Å². The van der Waals surface area contributed by atoms with E-state index in [1.54, 1.807) is 26.8 Å². The molecule has 2 aliphatic rings. The summed E-state index contributed by atoms with van der Waals surface area (Å²) >= 11 is 12.0. The molecule has 1 aromatic rings. The summed E-state index contributed by atoms with van der Waals surface area (Å²) in [6.45, 7) is 5.51. The third-order valence-electron chi connectivity index (χ3n) is 6.13. The highest BCUT2D eigenvalue weighted by Gasteiger charge is 2.37. The summed E-state index contributed by atoms with van der Waals surface area (Å²) < 4.78 is 5.70. The van der Waals surface area contributed by atoms with Gasteiger partial charge in [0.15, 0.2) is 0 Å². The monoisotopic (exact) mass is 511 g/mol. The van der Waals surface area contributed by atoms with Crippen molar-refractivity contribution >= 4 is 46.9 Å². The molecule has 8 nitrogen and oxygen atoms in total. The van der Waals surface area contributed by atoms with E-state index in [2.05, 4.69) is 16.0 Å². The van der Waals surface area contributed by atoms with E-state index in [1.807, 2.05) is 0 Å². The molecule has 10 heteroatoms. The van der Waals surface area contributed by atoms with Crippen LogP contribution < -0.4 is 16.0 Å². The van der Waals surface area contributed by atoms with Gasteiger partial charge >= 0.3 is 5.97 Å². The van der Waals surface area contributed by atoms with E-state index in [-0.39, 0.29) is 41.8 Å². The van der Waals surface area contributed by atoms with Crippen molar-refractivity contribution in [3.05, 3.63) is 33.8 Å². The molecular weight excluding hydrogens is 481 g/mol. The number of hydrogen-bond donors (Lipinski definition) is 3. The molecule has 1 saturated carbocycles. The van der Waals surface area contributed by atoms with Crippen molar-refractivity contribution in [2.24, 2.45) is 11.3 Å². The molecule has 0 aromatic heterocycles. The maximum atomic E-state index is 12.9. The highest BCUT2D eigenvalue weighted by Crippen LogP contribution is 2.27. The fraction of sp³-hybridized carbons (Fsp3) is 0.583. The van der Waals surface area contributed by atoms with E-state index in [0.29, 0.717) is 17.0 Å². The molecule has 3 rings (SSSR count). The summed E-state index contributed by atoms with van der Waals surface area (Å²) in [5.74, 6) is -1.47. The topological polar surface area (TPSA) is 114 Å². The van der Waals surface area contributed by atoms with Gasteiger partial charge in [-0.2, -0.15) is 0 Å². The third-order valence-corrected chi connectivity index (χ3v) is 6.87. The number of amides is 3. The third kappa shape index (κ3) is 6.93. The summed E-state index contributed by atoms with van der Waals surface area (Å²) in [6, 6.07) is 3.70. The molecule has 34 heavy (non-hydrogen) atoms. The lowest BCUT2D eigenvalue weighted by Gasteiger charge is -2.38. The second-order valence-electron chi connectivity index (χ2n) is 9.99. The highest BCUT2D eigenvalue weighted by atomic mass is 35.5. The molecule has 1 saturated heterocycles. The van der Waals surface area contributed by atoms with Gasteiger partial charge in [0.2, 0.25) is 11.8 Å². The highest BCUT2D eigenvalue weighted by molar-refractivity contribution is 6.42. The van der Waals surface area contributed by atoms with Crippen LogP contribution in [0.3, 0.4) is 0 Å². The van der Waals surface area contributed by atoms with E-state index < -0.39 is 29.4 Å². The number of rotatable bonds is 6. The average Bonchev–Trinajstić information content (AvgIpc) is 2.69. The van der Waals surface area contributed by atoms with E-state index in [0.717, 1.165) is 19.3 Å². The predicted octanol–water partition coefficient (Wildman–Crippen LogP) is 3.24. The number of benzene rings is 1. The maximum absolute atomic E-state index is 12.9. The van der Waals surface area contributed by atoms with Crippen LogP contribution in [0.2, 0.25) is 10.0 Å². The van der Waals surface area contributed by atoms with Crippen LogP contribution in [0.5, 0.6) is 0 Å². The molecule has 186 valence electrons. The van der Waals surface area contributed by atoms with Crippen molar-refractivity contribution in [1.82, 2.24) is 16.0 Å². The Hall–Kier alpha value is -2.16. The molecule has 0 spiro atoms. The molecule has 1 heterocycles. The van der Waals surface area contributed by atoms with Gasteiger partial charge < -0.3 is 15.4 Å². The molecule has 1 unspecified atom stereocenters. The van der Waals surface area contributed by atoms with Gasteiger partial charge in [-0.25, -0.2) is 0 Å². The van der Waals surface area contributed by atoms with Crippen molar-refractivity contribution in [3.8, 4) is 0 Å². The molecular formula is C24H31Cl2N3O5. The van der Waals surface area contributed by atoms with Gasteiger partial charge in [0.1, 0.15) is 6.10 Å². The van der Waals surface area contributed by atoms with Crippen LogP contribution in [0.4, 0.5) is 0 Å². The van der Waals surface area contributed by atoms with Crippen molar-refractivity contribution < 1.29 is 23.9 Å². The molecule has 1 aliphatic heterocycles. The van der Waals surface area contributed by atoms with Gasteiger partial charge in [0.05, 0.1) is 21.5 Å². The summed E-state index contributed by atoms with van der Waals surface area (Å²) in [5.41, 5.74) is -0.397. The Kier molecular flexibility index (Phi) is 8.60. The summed E-state index contributed by atoms with van der Waals surface area (Å²) in [4.78, 5) is 49.9. The Bertz CT molecular complexity index is 958. The lowest BCUT2D eigenvalue weighted by molar-refractivity contribution is -0.161. The molecule has 3 N–H and O–H groups in total. The number of imide groups is 1. The summed E-state index contributed by atoms with van der Waals surface area (Å²) in [7, 11) is 0. The number of halogens is 2. The number of nitrogens with one attached hydrogen (secondary N) is 3. The molecule has 0 bridgehead atoms. The fourth-order valence-corrected chi connectivity index (χ4v) is 4.08. The van der Waals surface area contributed by atoms with Gasteiger partial charge in [0, 0.05) is 30.5 Å². The predicted molar refractivity (Wildman–Crippen MR) is 129 cm³/mol. The van der Waals surface area contributed by atoms with Crippen LogP contribution in [0.25, 0.3) is 0 Å². The number of esters is 1. The van der Waals surface area contributed by atoms with Crippen molar-refractivity contribution in [2.75, 3.05) is 6.54 Å². The van der Waals surface area contributed by atoms with Crippen LogP contribution >= 0.6 is 23.2 Å². The number of carbonyl (C=O) groups is 4. The quantitative estimate of drug-likeness (QED) is 0.505. The van der Waals surface area contributed by atoms with Crippen LogP contribution in [0, 0.1) is 11.3 Å². The number of carbonyl (C=O) groups excluding carboxylic acids is 4. The van der Waals surface area contributed by atoms with E-state index in [9.17, 15) is 19.2 Å². The van der Waals surface area contributed by atoms with Gasteiger partial charge in [-0.3, -0.25) is 24.5 Å². The second-order valence-corrected chi connectivity index (χ2v) is 10.8.